The van der Waals surface area contributed by atoms with Gasteiger partial charge >= 0.3 is 0 Å². The highest BCUT2D eigenvalue weighted by molar-refractivity contribution is 5.41. The van der Waals surface area contributed by atoms with Crippen LogP contribution < -0.4 is 10.2 Å². The van der Waals surface area contributed by atoms with E-state index < -0.39 is 0 Å². The van der Waals surface area contributed by atoms with Crippen molar-refractivity contribution in [3.8, 4) is 0 Å². The Morgan fingerprint density at radius 2 is 2.33 bits per heavy atom. The van der Waals surface area contributed by atoms with E-state index in [1.165, 1.54) is 0 Å². The summed E-state index contributed by atoms with van der Waals surface area (Å²) < 4.78 is 5.54. The average molecular weight is 249 g/mol. The molecular formula is C14H23N3O. The fourth-order valence-corrected chi connectivity index (χ4v) is 2.27. The minimum absolute atomic E-state index is 0.459. The smallest absolute Gasteiger partial charge is 0.129 e. The number of ether oxygens (including phenoxy) is 1. The molecule has 1 atom stereocenters. The molecule has 1 aromatic heterocycles. The van der Waals surface area contributed by atoms with Crippen molar-refractivity contribution in [2.75, 3.05) is 31.2 Å². The van der Waals surface area contributed by atoms with Crippen LogP contribution in [-0.4, -0.2) is 37.3 Å². The molecule has 1 fully saturated rings. The third-order valence-corrected chi connectivity index (χ3v) is 3.34. The Labute approximate surface area is 109 Å². The number of nitrogens with zero attached hydrogens (tertiary/aromatic N) is 2. The van der Waals surface area contributed by atoms with Gasteiger partial charge in [0.05, 0.1) is 24.9 Å². The molecule has 0 radical (unpaired) electrons. The van der Waals surface area contributed by atoms with Gasteiger partial charge in [-0.15, -0.1) is 0 Å². The van der Waals surface area contributed by atoms with Gasteiger partial charge < -0.3 is 15.0 Å². The number of pyridine rings is 1. The van der Waals surface area contributed by atoms with Gasteiger partial charge in [-0.1, -0.05) is 19.9 Å². The second kappa shape index (κ2) is 6.71. The second-order valence-corrected chi connectivity index (χ2v) is 4.60. The van der Waals surface area contributed by atoms with E-state index >= 15 is 0 Å². The van der Waals surface area contributed by atoms with Gasteiger partial charge in [0.25, 0.3) is 0 Å². The zero-order valence-electron chi connectivity index (χ0n) is 11.4. The van der Waals surface area contributed by atoms with Crippen LogP contribution in [0.2, 0.25) is 0 Å². The predicted molar refractivity (Wildman–Crippen MR) is 73.9 cm³/mol. The molecule has 18 heavy (non-hydrogen) atoms. The lowest BCUT2D eigenvalue weighted by Crippen LogP contribution is -2.45. The summed E-state index contributed by atoms with van der Waals surface area (Å²) in [6, 6.07) is 6.73. The van der Waals surface area contributed by atoms with Crippen LogP contribution in [-0.2, 0) is 11.3 Å². The lowest BCUT2D eigenvalue weighted by molar-refractivity contribution is 0.0925. The van der Waals surface area contributed by atoms with Gasteiger partial charge in [0.1, 0.15) is 5.82 Å². The topological polar surface area (TPSA) is 37.4 Å². The maximum atomic E-state index is 5.54. The van der Waals surface area contributed by atoms with Crippen LogP contribution in [0.5, 0.6) is 0 Å². The molecule has 0 spiro atoms. The van der Waals surface area contributed by atoms with Crippen LogP contribution in [0.4, 0.5) is 5.82 Å². The van der Waals surface area contributed by atoms with Gasteiger partial charge in [0.15, 0.2) is 0 Å². The Bertz CT molecular complexity index is 370. The normalized spacial score (nSPS) is 20.1. The van der Waals surface area contributed by atoms with Crippen molar-refractivity contribution < 1.29 is 4.74 Å². The van der Waals surface area contributed by atoms with Gasteiger partial charge in [-0.3, -0.25) is 0 Å². The Morgan fingerprint density at radius 3 is 3.11 bits per heavy atom. The number of hydrogen-bond donors (Lipinski definition) is 1. The third kappa shape index (κ3) is 3.21. The quantitative estimate of drug-likeness (QED) is 0.863. The zero-order chi connectivity index (χ0) is 12.8. The third-order valence-electron chi connectivity index (χ3n) is 3.34. The van der Waals surface area contributed by atoms with Crippen molar-refractivity contribution in [2.45, 2.75) is 32.9 Å². The van der Waals surface area contributed by atoms with Crippen molar-refractivity contribution in [2.24, 2.45) is 0 Å². The Kier molecular flexibility index (Phi) is 4.96. The highest BCUT2D eigenvalue weighted by Crippen LogP contribution is 2.19. The molecule has 0 bridgehead atoms. The summed E-state index contributed by atoms with van der Waals surface area (Å²) in [6.45, 7) is 8.68. The minimum atomic E-state index is 0.459. The summed E-state index contributed by atoms with van der Waals surface area (Å²) in [5, 5.41) is 3.31. The molecule has 100 valence electrons. The van der Waals surface area contributed by atoms with Crippen LogP contribution in [0.25, 0.3) is 0 Å². The number of morpholine rings is 1. The van der Waals surface area contributed by atoms with Crippen molar-refractivity contribution in [3.05, 3.63) is 23.9 Å². The largest absolute Gasteiger partial charge is 0.377 e. The Balaban J connectivity index is 2.10. The lowest BCUT2D eigenvalue weighted by atomic mass is 10.1. The Morgan fingerprint density at radius 1 is 1.44 bits per heavy atom. The molecule has 2 rings (SSSR count). The summed E-state index contributed by atoms with van der Waals surface area (Å²) in [5.74, 6) is 1.08. The molecule has 2 heterocycles. The zero-order valence-corrected chi connectivity index (χ0v) is 11.4. The maximum absolute atomic E-state index is 5.54. The molecule has 4 nitrogen and oxygen atoms in total. The van der Waals surface area contributed by atoms with Gasteiger partial charge in [-0.2, -0.15) is 0 Å². The van der Waals surface area contributed by atoms with Crippen LogP contribution >= 0.6 is 0 Å². The van der Waals surface area contributed by atoms with Gasteiger partial charge in [-0.25, -0.2) is 4.98 Å². The van der Waals surface area contributed by atoms with Gasteiger partial charge in [0.2, 0.25) is 0 Å². The molecule has 1 unspecified atom stereocenters. The van der Waals surface area contributed by atoms with Crippen molar-refractivity contribution in [1.82, 2.24) is 10.3 Å². The summed E-state index contributed by atoms with van der Waals surface area (Å²) in [5.41, 5.74) is 1.11. The molecule has 0 aromatic carbocycles. The first-order chi connectivity index (χ1) is 8.85. The van der Waals surface area contributed by atoms with E-state index in [2.05, 4.69) is 42.3 Å². The molecular weight excluding hydrogens is 226 g/mol. The second-order valence-electron chi connectivity index (χ2n) is 4.60. The SMILES string of the molecule is CCNCc1cccc(N2CCOCC2CC)n1. The maximum Gasteiger partial charge on any atom is 0.129 e. The fraction of sp³-hybridized carbons (Fsp3) is 0.643. The fourth-order valence-electron chi connectivity index (χ4n) is 2.27. The monoisotopic (exact) mass is 249 g/mol. The van der Waals surface area contributed by atoms with E-state index in [4.69, 9.17) is 9.72 Å². The lowest BCUT2D eigenvalue weighted by Gasteiger charge is -2.36. The molecule has 0 amide bonds. The molecule has 1 saturated heterocycles. The molecule has 1 aromatic rings. The van der Waals surface area contributed by atoms with Crippen molar-refractivity contribution in [1.29, 1.82) is 0 Å². The van der Waals surface area contributed by atoms with Crippen molar-refractivity contribution >= 4 is 5.82 Å². The van der Waals surface area contributed by atoms with E-state index in [9.17, 15) is 0 Å². The number of aromatic nitrogens is 1. The highest BCUT2D eigenvalue weighted by Gasteiger charge is 2.22. The molecule has 1 aliphatic heterocycles. The predicted octanol–water partition coefficient (Wildman–Crippen LogP) is 1.81. The first-order valence-corrected chi connectivity index (χ1v) is 6.86. The van der Waals surface area contributed by atoms with Crippen LogP contribution in [0.3, 0.4) is 0 Å². The summed E-state index contributed by atoms with van der Waals surface area (Å²) in [4.78, 5) is 7.11. The first-order valence-electron chi connectivity index (χ1n) is 6.86. The summed E-state index contributed by atoms with van der Waals surface area (Å²) in [7, 11) is 0. The Hall–Kier alpha value is -1.13. The number of rotatable bonds is 5. The summed E-state index contributed by atoms with van der Waals surface area (Å²) in [6.07, 6.45) is 1.10. The van der Waals surface area contributed by atoms with E-state index in [1.54, 1.807) is 0 Å². The first kappa shape index (κ1) is 13.3. The highest BCUT2D eigenvalue weighted by atomic mass is 16.5. The van der Waals surface area contributed by atoms with Gasteiger partial charge in [-0.05, 0) is 25.1 Å². The number of hydrogen-bond acceptors (Lipinski definition) is 4. The molecule has 1 N–H and O–H groups in total. The van der Waals surface area contributed by atoms with E-state index in [0.717, 1.165) is 50.8 Å². The molecule has 4 heteroatoms. The number of anilines is 1. The standard InChI is InChI=1S/C14H23N3O/c1-3-13-11-18-9-8-17(13)14-7-5-6-12(16-14)10-15-4-2/h5-7,13,15H,3-4,8-11H2,1-2H3. The van der Waals surface area contributed by atoms with Crippen molar-refractivity contribution in [3.63, 3.8) is 0 Å². The minimum Gasteiger partial charge on any atom is -0.377 e. The number of nitrogens with one attached hydrogen (secondary N) is 1. The van der Waals surface area contributed by atoms with Gasteiger partial charge in [0, 0.05) is 13.1 Å². The molecule has 0 aliphatic carbocycles. The summed E-state index contributed by atoms with van der Waals surface area (Å²) >= 11 is 0. The molecule has 1 aliphatic rings. The van der Waals surface area contributed by atoms with E-state index in [0.29, 0.717) is 6.04 Å². The van der Waals surface area contributed by atoms with Crippen LogP contribution in [0.1, 0.15) is 26.0 Å². The van der Waals surface area contributed by atoms with Crippen LogP contribution in [0.15, 0.2) is 18.2 Å². The van der Waals surface area contributed by atoms with Crippen LogP contribution in [0, 0.1) is 0 Å². The average Bonchev–Trinajstić information content (AvgIpc) is 2.45. The van der Waals surface area contributed by atoms with E-state index in [1.807, 2.05) is 0 Å². The van der Waals surface area contributed by atoms with E-state index in [-0.39, 0.29) is 0 Å². The molecule has 0 saturated carbocycles.